The number of guanidine groups is 1. The molecule has 0 unspecified atom stereocenters. The van der Waals surface area contributed by atoms with Crippen LogP contribution in [0.2, 0.25) is 0 Å². The highest BCUT2D eigenvalue weighted by atomic mass is 127. The Kier molecular flexibility index (Phi) is 11.4. The first-order valence-electron chi connectivity index (χ1n) is 9.52. The smallest absolute Gasteiger partial charge is 0.387 e. The Morgan fingerprint density at radius 1 is 1.27 bits per heavy atom. The van der Waals surface area contributed by atoms with E-state index in [-0.39, 0.29) is 42.0 Å². The molecule has 0 amide bonds. The van der Waals surface area contributed by atoms with Gasteiger partial charge in [0.2, 0.25) is 0 Å². The van der Waals surface area contributed by atoms with Crippen LogP contribution >= 0.6 is 24.0 Å². The number of aliphatic imine (C=N–C) groups is 1. The predicted molar refractivity (Wildman–Crippen MR) is 122 cm³/mol. The van der Waals surface area contributed by atoms with Crippen molar-refractivity contribution < 1.29 is 22.8 Å². The molecule has 0 bridgehead atoms. The van der Waals surface area contributed by atoms with E-state index in [1.54, 1.807) is 32.2 Å². The van der Waals surface area contributed by atoms with Crippen molar-refractivity contribution >= 4 is 29.9 Å². The zero-order chi connectivity index (χ0) is 21.2. The Bertz CT molecular complexity index is 796. The van der Waals surface area contributed by atoms with Crippen LogP contribution in [0.4, 0.5) is 8.78 Å². The maximum absolute atomic E-state index is 12.8. The number of benzene rings is 1. The number of hydrogen-bond donors (Lipinski definition) is 2. The molecule has 168 valence electrons. The summed E-state index contributed by atoms with van der Waals surface area (Å²) in [4.78, 5) is 4.17. The minimum atomic E-state index is -2.93. The Balaban J connectivity index is 0.00000450. The first-order valence-corrected chi connectivity index (χ1v) is 9.52. The summed E-state index contributed by atoms with van der Waals surface area (Å²) < 4.78 is 40.9. The van der Waals surface area contributed by atoms with E-state index < -0.39 is 6.61 Å². The monoisotopic (exact) mass is 538 g/mol. The first-order chi connectivity index (χ1) is 14.0. The summed E-state index contributed by atoms with van der Waals surface area (Å²) in [5.41, 5.74) is 2.58. The minimum Gasteiger partial charge on any atom is -0.490 e. The van der Waals surface area contributed by atoms with Gasteiger partial charge in [0.1, 0.15) is 5.76 Å². The number of rotatable bonds is 10. The van der Waals surface area contributed by atoms with Gasteiger partial charge in [0.15, 0.2) is 17.5 Å². The minimum absolute atomic E-state index is 0. The van der Waals surface area contributed by atoms with Crippen molar-refractivity contribution in [3.8, 4) is 11.5 Å². The van der Waals surface area contributed by atoms with Gasteiger partial charge >= 0.3 is 6.61 Å². The summed E-state index contributed by atoms with van der Waals surface area (Å²) in [7, 11) is 1.65. The summed E-state index contributed by atoms with van der Waals surface area (Å²) in [6.45, 7) is 3.97. The molecule has 1 aromatic heterocycles. The lowest BCUT2D eigenvalue weighted by Gasteiger charge is -2.17. The highest BCUT2D eigenvalue weighted by Gasteiger charge is 2.16. The number of aryl methyl sites for hydroxylation is 2. The molecule has 10 heteroatoms. The van der Waals surface area contributed by atoms with Gasteiger partial charge < -0.3 is 24.6 Å². The zero-order valence-corrected chi connectivity index (χ0v) is 20.0. The highest BCUT2D eigenvalue weighted by Crippen LogP contribution is 2.32. The van der Waals surface area contributed by atoms with E-state index in [0.717, 1.165) is 29.9 Å². The summed E-state index contributed by atoms with van der Waals surface area (Å²) in [5.74, 6) is 1.72. The number of ether oxygens (including phenoxy) is 2. The number of aromatic nitrogens is 1. The van der Waals surface area contributed by atoms with Crippen molar-refractivity contribution in [2.45, 2.75) is 46.8 Å². The molecule has 30 heavy (non-hydrogen) atoms. The van der Waals surface area contributed by atoms with Gasteiger partial charge in [-0.25, -0.2) is 0 Å². The molecule has 0 fully saturated rings. The van der Waals surface area contributed by atoms with Crippen molar-refractivity contribution in [3.63, 3.8) is 0 Å². The van der Waals surface area contributed by atoms with Crippen LogP contribution < -0.4 is 20.1 Å². The van der Waals surface area contributed by atoms with Crippen LogP contribution in [-0.2, 0) is 13.0 Å². The lowest BCUT2D eigenvalue weighted by Crippen LogP contribution is -2.37. The van der Waals surface area contributed by atoms with E-state index >= 15 is 0 Å². The van der Waals surface area contributed by atoms with Crippen LogP contribution in [0, 0.1) is 13.8 Å². The van der Waals surface area contributed by atoms with Gasteiger partial charge in [-0.15, -0.1) is 24.0 Å². The predicted octanol–water partition coefficient (Wildman–Crippen LogP) is 4.21. The molecule has 1 aromatic carbocycles. The van der Waals surface area contributed by atoms with Gasteiger partial charge in [0.25, 0.3) is 0 Å². The maximum Gasteiger partial charge on any atom is 0.387 e. The second-order valence-corrected chi connectivity index (χ2v) is 6.31. The Morgan fingerprint density at radius 2 is 2.03 bits per heavy atom. The van der Waals surface area contributed by atoms with Crippen molar-refractivity contribution in [2.75, 3.05) is 20.2 Å². The third-order valence-electron chi connectivity index (χ3n) is 4.31. The van der Waals surface area contributed by atoms with Crippen LogP contribution in [0.15, 0.2) is 27.7 Å². The van der Waals surface area contributed by atoms with Gasteiger partial charge in [-0.2, -0.15) is 8.78 Å². The van der Waals surface area contributed by atoms with Crippen LogP contribution in [0.3, 0.4) is 0 Å². The topological polar surface area (TPSA) is 80.9 Å². The second-order valence-electron chi connectivity index (χ2n) is 6.31. The lowest BCUT2D eigenvalue weighted by atomic mass is 10.1. The van der Waals surface area contributed by atoms with Gasteiger partial charge in [-0.3, -0.25) is 4.99 Å². The van der Waals surface area contributed by atoms with Crippen molar-refractivity contribution in [3.05, 3.63) is 40.8 Å². The summed E-state index contributed by atoms with van der Waals surface area (Å²) in [5, 5.41) is 10.3. The molecular weight excluding hydrogens is 509 g/mol. The molecule has 0 aliphatic carbocycles. The molecule has 0 saturated heterocycles. The molecule has 0 radical (unpaired) electrons. The van der Waals surface area contributed by atoms with Gasteiger partial charge in [-0.1, -0.05) is 17.3 Å². The molecular formula is C20H29F2IN4O3. The number of alkyl halides is 2. The fraction of sp³-hybridized carbons (Fsp3) is 0.500. The number of nitrogens with one attached hydrogen (secondary N) is 2. The standard InChI is InChI=1S/C20H28F2N4O3.HI/c1-5-27-17-10-6-8-15(18(17)28-19(21)22)12-25-20(23-4)24-11-7-9-16-13(2)26-29-14(16)3;/h6,8,10,19H,5,7,9,11-12H2,1-4H3,(H2,23,24,25);1H. The van der Waals surface area contributed by atoms with E-state index in [4.69, 9.17) is 9.26 Å². The second kappa shape index (κ2) is 13.2. The van der Waals surface area contributed by atoms with Crippen molar-refractivity contribution in [2.24, 2.45) is 4.99 Å². The Morgan fingerprint density at radius 3 is 2.63 bits per heavy atom. The molecule has 2 rings (SSSR count). The maximum atomic E-state index is 12.8. The molecule has 7 nitrogen and oxygen atoms in total. The molecule has 0 aliphatic rings. The van der Waals surface area contributed by atoms with Gasteiger partial charge in [0.05, 0.1) is 12.3 Å². The molecule has 0 saturated carbocycles. The van der Waals surface area contributed by atoms with E-state index in [2.05, 4.69) is 25.5 Å². The van der Waals surface area contributed by atoms with Crippen molar-refractivity contribution in [1.82, 2.24) is 15.8 Å². The summed E-state index contributed by atoms with van der Waals surface area (Å²) in [6, 6.07) is 5.05. The summed E-state index contributed by atoms with van der Waals surface area (Å²) >= 11 is 0. The quantitative estimate of drug-likeness (QED) is 0.204. The highest BCUT2D eigenvalue weighted by molar-refractivity contribution is 14.0. The normalized spacial score (nSPS) is 11.2. The van der Waals surface area contributed by atoms with Crippen molar-refractivity contribution in [1.29, 1.82) is 0 Å². The molecule has 0 spiro atoms. The lowest BCUT2D eigenvalue weighted by molar-refractivity contribution is -0.0520. The largest absolute Gasteiger partial charge is 0.490 e. The molecule has 0 atom stereocenters. The third kappa shape index (κ3) is 7.62. The average molecular weight is 538 g/mol. The van der Waals surface area contributed by atoms with E-state index in [1.807, 2.05) is 13.8 Å². The fourth-order valence-corrected chi connectivity index (χ4v) is 2.92. The fourth-order valence-electron chi connectivity index (χ4n) is 2.92. The Hall–Kier alpha value is -2.11. The van der Waals surface area contributed by atoms with E-state index in [0.29, 0.717) is 24.7 Å². The van der Waals surface area contributed by atoms with Gasteiger partial charge in [0, 0.05) is 31.3 Å². The molecule has 0 aliphatic heterocycles. The van der Waals surface area contributed by atoms with Crippen LogP contribution in [0.5, 0.6) is 11.5 Å². The number of nitrogens with zero attached hydrogens (tertiary/aromatic N) is 2. The SMILES string of the molecule is CCOc1cccc(CNC(=NC)NCCCc2c(C)noc2C)c1OC(F)F.I. The van der Waals surface area contributed by atoms with Crippen LogP contribution in [-0.4, -0.2) is 37.9 Å². The number of para-hydroxylation sites is 1. The van der Waals surface area contributed by atoms with E-state index in [9.17, 15) is 8.78 Å². The zero-order valence-electron chi connectivity index (χ0n) is 17.6. The van der Waals surface area contributed by atoms with Crippen LogP contribution in [0.25, 0.3) is 0 Å². The van der Waals surface area contributed by atoms with Crippen LogP contribution in [0.1, 0.15) is 35.9 Å². The third-order valence-corrected chi connectivity index (χ3v) is 4.31. The first kappa shape index (κ1) is 25.9. The van der Waals surface area contributed by atoms with E-state index in [1.165, 1.54) is 0 Å². The molecule has 1 heterocycles. The van der Waals surface area contributed by atoms with Gasteiger partial charge in [-0.05, 0) is 39.7 Å². The molecule has 2 N–H and O–H groups in total. The number of hydrogen-bond acceptors (Lipinski definition) is 5. The Labute approximate surface area is 192 Å². The number of halogens is 3. The molecule has 2 aromatic rings. The summed E-state index contributed by atoms with van der Waals surface area (Å²) in [6.07, 6.45) is 1.71. The average Bonchev–Trinajstić information content (AvgIpc) is 3.01.